The highest BCUT2D eigenvalue weighted by atomic mass is 16.5. The fourth-order valence-electron chi connectivity index (χ4n) is 2.33. The number of amides is 2. The lowest BCUT2D eigenvalue weighted by Gasteiger charge is -2.10. The highest BCUT2D eigenvalue weighted by Crippen LogP contribution is 2.18. The Morgan fingerprint density at radius 1 is 1.04 bits per heavy atom. The molecule has 0 aliphatic heterocycles. The number of furan rings is 1. The van der Waals surface area contributed by atoms with Crippen LogP contribution in [-0.4, -0.2) is 25.1 Å². The summed E-state index contributed by atoms with van der Waals surface area (Å²) in [5.41, 5.74) is 3.48. The van der Waals surface area contributed by atoms with E-state index >= 15 is 0 Å². The monoisotopic (exact) mass is 363 g/mol. The number of rotatable bonds is 6. The van der Waals surface area contributed by atoms with E-state index in [1.54, 1.807) is 60.7 Å². The van der Waals surface area contributed by atoms with Crippen molar-refractivity contribution in [3.8, 4) is 5.75 Å². The summed E-state index contributed by atoms with van der Waals surface area (Å²) >= 11 is 0. The number of hydrogen-bond donors (Lipinski definition) is 2. The molecule has 0 atom stereocenters. The van der Waals surface area contributed by atoms with Crippen LogP contribution >= 0.6 is 0 Å². The van der Waals surface area contributed by atoms with E-state index in [4.69, 9.17) is 9.15 Å². The number of anilines is 1. The summed E-state index contributed by atoms with van der Waals surface area (Å²) in [4.78, 5) is 24.9. The Kier molecular flexibility index (Phi) is 5.64. The van der Waals surface area contributed by atoms with Gasteiger partial charge >= 0.3 is 0 Å². The molecule has 3 aromatic rings. The Balaban J connectivity index is 1.73. The summed E-state index contributed by atoms with van der Waals surface area (Å²) in [6.45, 7) is 0. The van der Waals surface area contributed by atoms with E-state index in [-0.39, 0.29) is 11.5 Å². The SMILES string of the molecule is COc1cccc(C(=O)Nc2ccccc2C(=O)N/N=C/c2ccco2)c1. The average Bonchev–Trinajstić information content (AvgIpc) is 3.22. The van der Waals surface area contributed by atoms with E-state index in [1.165, 1.54) is 19.6 Å². The number of carbonyl (C=O) groups is 2. The largest absolute Gasteiger partial charge is 0.497 e. The van der Waals surface area contributed by atoms with Crippen LogP contribution in [0.5, 0.6) is 5.75 Å². The lowest BCUT2D eigenvalue weighted by atomic mass is 10.1. The first kappa shape index (κ1) is 17.9. The standard InChI is InChI=1S/C20H17N3O4/c1-26-15-7-4-6-14(12-15)19(24)22-18-10-3-2-9-17(18)20(25)23-21-13-16-8-5-11-27-16/h2-13H,1H3,(H,22,24)(H,23,25)/b21-13+. The minimum absolute atomic E-state index is 0.283. The van der Waals surface area contributed by atoms with Crippen LogP contribution in [0, 0.1) is 0 Å². The zero-order valence-corrected chi connectivity index (χ0v) is 14.5. The molecule has 27 heavy (non-hydrogen) atoms. The molecule has 1 aromatic heterocycles. The van der Waals surface area contributed by atoms with Crippen LogP contribution in [0.2, 0.25) is 0 Å². The predicted molar refractivity (Wildman–Crippen MR) is 101 cm³/mol. The van der Waals surface area contributed by atoms with Crippen LogP contribution < -0.4 is 15.5 Å². The lowest BCUT2D eigenvalue weighted by Crippen LogP contribution is -2.21. The molecule has 0 spiro atoms. The van der Waals surface area contributed by atoms with Gasteiger partial charge in [-0.1, -0.05) is 18.2 Å². The van der Waals surface area contributed by atoms with Gasteiger partial charge < -0.3 is 14.5 Å². The number of methoxy groups -OCH3 is 1. The lowest BCUT2D eigenvalue weighted by molar-refractivity contribution is 0.0956. The second kappa shape index (κ2) is 8.48. The first-order valence-corrected chi connectivity index (χ1v) is 8.08. The van der Waals surface area contributed by atoms with Crippen molar-refractivity contribution in [2.75, 3.05) is 12.4 Å². The average molecular weight is 363 g/mol. The third-order valence-corrected chi connectivity index (χ3v) is 3.65. The van der Waals surface area contributed by atoms with Crippen molar-refractivity contribution >= 4 is 23.7 Å². The van der Waals surface area contributed by atoms with Crippen LogP contribution in [0.25, 0.3) is 0 Å². The van der Waals surface area contributed by atoms with Crippen LogP contribution in [0.15, 0.2) is 76.4 Å². The molecule has 0 fully saturated rings. The van der Waals surface area contributed by atoms with Crippen molar-refractivity contribution < 1.29 is 18.7 Å². The summed E-state index contributed by atoms with van der Waals surface area (Å²) in [7, 11) is 1.53. The van der Waals surface area contributed by atoms with E-state index in [0.29, 0.717) is 22.8 Å². The van der Waals surface area contributed by atoms with Crippen molar-refractivity contribution in [1.29, 1.82) is 0 Å². The molecule has 3 rings (SSSR count). The molecule has 1 heterocycles. The molecular weight excluding hydrogens is 346 g/mol. The van der Waals surface area contributed by atoms with Crippen molar-refractivity contribution in [2.45, 2.75) is 0 Å². The molecule has 7 heteroatoms. The minimum Gasteiger partial charge on any atom is -0.497 e. The Hall–Kier alpha value is -3.87. The molecule has 7 nitrogen and oxygen atoms in total. The second-order valence-electron chi connectivity index (χ2n) is 5.45. The Labute approximate surface area is 155 Å². The van der Waals surface area contributed by atoms with Gasteiger partial charge in [-0.15, -0.1) is 0 Å². The second-order valence-corrected chi connectivity index (χ2v) is 5.45. The number of hydrogen-bond acceptors (Lipinski definition) is 5. The number of para-hydroxylation sites is 1. The molecule has 0 saturated carbocycles. The third kappa shape index (κ3) is 4.60. The Bertz CT molecular complexity index is 965. The van der Waals surface area contributed by atoms with Gasteiger partial charge in [0.1, 0.15) is 11.5 Å². The van der Waals surface area contributed by atoms with Crippen molar-refractivity contribution in [1.82, 2.24) is 5.43 Å². The highest BCUT2D eigenvalue weighted by Gasteiger charge is 2.14. The predicted octanol–water partition coefficient (Wildman–Crippen LogP) is 3.30. The van der Waals surface area contributed by atoms with Gasteiger partial charge in [-0.2, -0.15) is 5.10 Å². The quantitative estimate of drug-likeness (QED) is 0.519. The maximum atomic E-state index is 12.5. The van der Waals surface area contributed by atoms with Gasteiger partial charge in [-0.05, 0) is 42.5 Å². The van der Waals surface area contributed by atoms with Crippen LogP contribution in [0.4, 0.5) is 5.69 Å². The van der Waals surface area contributed by atoms with Gasteiger partial charge in [-0.25, -0.2) is 5.43 Å². The summed E-state index contributed by atoms with van der Waals surface area (Å²) in [5.74, 6) is 0.267. The zero-order chi connectivity index (χ0) is 19.1. The number of hydrazone groups is 1. The Morgan fingerprint density at radius 2 is 1.89 bits per heavy atom. The molecular formula is C20H17N3O4. The van der Waals surface area contributed by atoms with Crippen molar-refractivity contribution in [2.24, 2.45) is 5.10 Å². The first-order valence-electron chi connectivity index (χ1n) is 8.08. The molecule has 0 aliphatic rings. The molecule has 2 amide bonds. The van der Waals surface area contributed by atoms with Crippen LogP contribution in [-0.2, 0) is 0 Å². The fraction of sp³-hybridized carbons (Fsp3) is 0.0500. The fourth-order valence-corrected chi connectivity index (χ4v) is 2.33. The number of carbonyl (C=O) groups excluding carboxylic acids is 2. The molecule has 0 unspecified atom stereocenters. The number of nitrogens with one attached hydrogen (secondary N) is 2. The van der Waals surface area contributed by atoms with Gasteiger partial charge in [0.25, 0.3) is 11.8 Å². The smallest absolute Gasteiger partial charge is 0.273 e. The molecule has 0 radical (unpaired) electrons. The van der Waals surface area contributed by atoms with Crippen molar-refractivity contribution in [3.05, 3.63) is 83.8 Å². The molecule has 2 N–H and O–H groups in total. The summed E-state index contributed by atoms with van der Waals surface area (Å²) < 4.78 is 10.2. The van der Waals surface area contributed by atoms with E-state index in [9.17, 15) is 9.59 Å². The number of ether oxygens (including phenoxy) is 1. The van der Waals surface area contributed by atoms with E-state index in [2.05, 4.69) is 15.8 Å². The molecule has 0 bridgehead atoms. The molecule has 136 valence electrons. The highest BCUT2D eigenvalue weighted by molar-refractivity contribution is 6.09. The maximum Gasteiger partial charge on any atom is 0.273 e. The van der Waals surface area contributed by atoms with Gasteiger partial charge in [0.2, 0.25) is 0 Å². The maximum absolute atomic E-state index is 12.5. The van der Waals surface area contributed by atoms with Crippen molar-refractivity contribution in [3.63, 3.8) is 0 Å². The van der Waals surface area contributed by atoms with Gasteiger partial charge in [0.05, 0.1) is 30.8 Å². The normalized spacial score (nSPS) is 10.6. The van der Waals surface area contributed by atoms with Gasteiger partial charge in [0, 0.05) is 5.56 Å². The van der Waals surface area contributed by atoms with E-state index < -0.39 is 5.91 Å². The van der Waals surface area contributed by atoms with Crippen LogP contribution in [0.1, 0.15) is 26.5 Å². The minimum atomic E-state index is -0.459. The summed E-state index contributed by atoms with van der Waals surface area (Å²) in [6.07, 6.45) is 2.89. The zero-order valence-electron chi connectivity index (χ0n) is 14.5. The van der Waals surface area contributed by atoms with Gasteiger partial charge in [-0.3, -0.25) is 9.59 Å². The molecule has 2 aromatic carbocycles. The molecule has 0 aliphatic carbocycles. The number of nitrogens with zero attached hydrogens (tertiary/aromatic N) is 1. The summed E-state index contributed by atoms with van der Waals surface area (Å²) in [6, 6.07) is 16.8. The third-order valence-electron chi connectivity index (χ3n) is 3.65. The topological polar surface area (TPSA) is 92.9 Å². The molecule has 0 saturated heterocycles. The summed E-state index contributed by atoms with van der Waals surface area (Å²) in [5, 5.41) is 6.58. The first-order chi connectivity index (χ1) is 13.2. The van der Waals surface area contributed by atoms with E-state index in [0.717, 1.165) is 0 Å². The van der Waals surface area contributed by atoms with Gasteiger partial charge in [0.15, 0.2) is 0 Å². The van der Waals surface area contributed by atoms with E-state index in [1.807, 2.05) is 0 Å². The van der Waals surface area contributed by atoms with Crippen LogP contribution in [0.3, 0.4) is 0 Å². The Morgan fingerprint density at radius 3 is 2.67 bits per heavy atom. The number of benzene rings is 2.